The number of nitrogens with one attached hydrogen (secondary N) is 1. The van der Waals surface area contributed by atoms with Gasteiger partial charge in [0.05, 0.1) is 9.75 Å². The molecule has 0 aliphatic rings. The number of fused-ring (bicyclic) bond motifs is 1. The molecule has 0 amide bonds. The smallest absolute Gasteiger partial charge is 0.160 e. The molecule has 1 N–H and O–H groups in total. The van der Waals surface area contributed by atoms with Crippen molar-refractivity contribution in [2.75, 3.05) is 5.32 Å². The summed E-state index contributed by atoms with van der Waals surface area (Å²) in [5.41, 5.74) is 2.02. The van der Waals surface area contributed by atoms with Gasteiger partial charge in [0.1, 0.15) is 17.2 Å². The highest BCUT2D eigenvalue weighted by Crippen LogP contribution is 2.35. The predicted octanol–water partition coefficient (Wildman–Crippen LogP) is 5.95. The summed E-state index contributed by atoms with van der Waals surface area (Å²) in [4.78, 5) is 6.60. The monoisotopic (exact) mass is 407 g/mol. The minimum Gasteiger partial charge on any atom is -0.365 e. The van der Waals surface area contributed by atoms with Crippen molar-refractivity contribution in [3.05, 3.63) is 76.8 Å². The third-order valence-corrected chi connectivity index (χ3v) is 5.12. The normalized spacial score (nSPS) is 11.3. The molecule has 146 valence electrons. The molecular formula is C23H19F2N3S. The molecule has 0 unspecified atom stereocenters. The Kier molecular flexibility index (Phi) is 4.85. The number of hydrogen-bond donors (Lipinski definition) is 1. The maximum absolute atomic E-state index is 13.4. The van der Waals surface area contributed by atoms with E-state index in [-0.39, 0.29) is 5.54 Å². The topological polar surface area (TPSA) is 29.3 Å². The lowest BCUT2D eigenvalue weighted by molar-refractivity contribution is 0.508. The molecule has 0 aliphatic heterocycles. The highest BCUT2D eigenvalue weighted by Gasteiger charge is 2.20. The summed E-state index contributed by atoms with van der Waals surface area (Å²) < 4.78 is 28.4. The lowest BCUT2D eigenvalue weighted by atomic mass is 10.1. The van der Waals surface area contributed by atoms with E-state index in [4.69, 9.17) is 4.98 Å². The van der Waals surface area contributed by atoms with Crippen LogP contribution in [0.1, 0.15) is 31.2 Å². The van der Waals surface area contributed by atoms with E-state index in [0.717, 1.165) is 39.0 Å². The van der Waals surface area contributed by atoms with Gasteiger partial charge in [-0.1, -0.05) is 17.9 Å². The summed E-state index contributed by atoms with van der Waals surface area (Å²) in [6, 6.07) is 13.4. The zero-order valence-electron chi connectivity index (χ0n) is 16.3. The van der Waals surface area contributed by atoms with Gasteiger partial charge in [0.25, 0.3) is 0 Å². The molecule has 0 bridgehead atoms. The zero-order valence-corrected chi connectivity index (χ0v) is 17.1. The van der Waals surface area contributed by atoms with E-state index in [2.05, 4.69) is 37.9 Å². The average Bonchev–Trinajstić information content (AvgIpc) is 3.27. The third-order valence-electron chi connectivity index (χ3n) is 4.11. The number of halogens is 2. The van der Waals surface area contributed by atoms with Gasteiger partial charge in [0, 0.05) is 17.3 Å². The second-order valence-electron chi connectivity index (χ2n) is 7.66. The molecule has 6 heteroatoms. The van der Waals surface area contributed by atoms with Crippen molar-refractivity contribution in [2.45, 2.75) is 26.3 Å². The number of thiophene rings is 1. The minimum atomic E-state index is -0.897. The summed E-state index contributed by atoms with van der Waals surface area (Å²) in [5, 5.41) is 3.54. The fourth-order valence-electron chi connectivity index (χ4n) is 2.88. The van der Waals surface area contributed by atoms with Crippen LogP contribution in [0.4, 0.5) is 14.6 Å². The van der Waals surface area contributed by atoms with Gasteiger partial charge in [-0.25, -0.2) is 13.8 Å². The van der Waals surface area contributed by atoms with Crippen molar-refractivity contribution >= 4 is 22.8 Å². The van der Waals surface area contributed by atoms with E-state index in [9.17, 15) is 8.78 Å². The molecule has 0 radical (unpaired) electrons. The molecule has 0 spiro atoms. The quantitative estimate of drug-likeness (QED) is 0.416. The van der Waals surface area contributed by atoms with Crippen LogP contribution < -0.4 is 5.32 Å². The van der Waals surface area contributed by atoms with Crippen LogP contribution in [0.5, 0.6) is 0 Å². The molecule has 29 heavy (non-hydrogen) atoms. The highest BCUT2D eigenvalue weighted by molar-refractivity contribution is 7.16. The molecule has 0 aliphatic carbocycles. The Morgan fingerprint density at radius 3 is 2.59 bits per heavy atom. The van der Waals surface area contributed by atoms with Gasteiger partial charge >= 0.3 is 0 Å². The second kappa shape index (κ2) is 7.34. The molecule has 0 atom stereocenters. The Bertz CT molecular complexity index is 1250. The maximum atomic E-state index is 13.4. The molecule has 4 rings (SSSR count). The van der Waals surface area contributed by atoms with Crippen molar-refractivity contribution < 1.29 is 8.78 Å². The van der Waals surface area contributed by atoms with Gasteiger partial charge in [-0.15, -0.1) is 11.3 Å². The number of hydrogen-bond acceptors (Lipinski definition) is 3. The van der Waals surface area contributed by atoms with E-state index in [1.54, 1.807) is 0 Å². The van der Waals surface area contributed by atoms with Crippen molar-refractivity contribution in [1.82, 2.24) is 9.38 Å². The van der Waals surface area contributed by atoms with Gasteiger partial charge in [-0.05, 0) is 63.2 Å². The number of benzene rings is 1. The number of rotatable bonds is 2. The first-order valence-corrected chi connectivity index (χ1v) is 9.94. The first kappa shape index (κ1) is 19.2. The Balaban J connectivity index is 1.71. The fourth-order valence-corrected chi connectivity index (χ4v) is 3.73. The zero-order chi connectivity index (χ0) is 20.6. The lowest BCUT2D eigenvalue weighted by Crippen LogP contribution is -2.27. The fraction of sp³-hybridized carbons (Fsp3) is 0.174. The van der Waals surface area contributed by atoms with Gasteiger partial charge in [0.15, 0.2) is 11.6 Å². The van der Waals surface area contributed by atoms with E-state index in [0.29, 0.717) is 5.56 Å². The van der Waals surface area contributed by atoms with Crippen molar-refractivity contribution in [1.29, 1.82) is 0 Å². The predicted molar refractivity (Wildman–Crippen MR) is 114 cm³/mol. The minimum absolute atomic E-state index is 0.132. The molecule has 3 nitrogen and oxygen atoms in total. The maximum Gasteiger partial charge on any atom is 0.160 e. The second-order valence-corrected chi connectivity index (χ2v) is 8.74. The molecule has 1 aromatic carbocycles. The van der Waals surface area contributed by atoms with Crippen molar-refractivity contribution in [3.63, 3.8) is 0 Å². The first-order chi connectivity index (χ1) is 13.8. The van der Waals surface area contributed by atoms with E-state index in [1.165, 1.54) is 17.4 Å². The molecule has 4 aromatic rings. The van der Waals surface area contributed by atoms with Crippen LogP contribution in [-0.4, -0.2) is 14.9 Å². The van der Waals surface area contributed by atoms with E-state index < -0.39 is 11.6 Å². The summed E-state index contributed by atoms with van der Waals surface area (Å²) in [6.45, 7) is 6.31. The standard InChI is InChI=1S/C23H19F2N3S/c1-23(2,3)27-22-21(26-20-6-4-5-13-28(20)22)19-12-10-16(29-19)9-7-15-8-11-17(24)18(25)14-15/h4-6,8,10-14,27H,1-3H3. The molecule has 3 heterocycles. The largest absolute Gasteiger partial charge is 0.365 e. The molecular weight excluding hydrogens is 388 g/mol. The van der Waals surface area contributed by atoms with E-state index >= 15 is 0 Å². The number of aromatic nitrogens is 2. The highest BCUT2D eigenvalue weighted by atomic mass is 32.1. The first-order valence-electron chi connectivity index (χ1n) is 9.13. The van der Waals surface area contributed by atoms with Crippen LogP contribution in [0, 0.1) is 23.5 Å². The average molecular weight is 407 g/mol. The Morgan fingerprint density at radius 2 is 1.83 bits per heavy atom. The Labute approximate surface area is 172 Å². The van der Waals surface area contributed by atoms with Crippen LogP contribution in [0.15, 0.2) is 54.7 Å². The molecule has 3 aromatic heterocycles. The Hall–Kier alpha value is -3.17. The third kappa shape index (κ3) is 4.15. The van der Waals surface area contributed by atoms with Crippen molar-refractivity contribution in [2.24, 2.45) is 0 Å². The summed E-state index contributed by atoms with van der Waals surface area (Å²) >= 11 is 1.51. The van der Waals surface area contributed by atoms with Gasteiger partial charge in [-0.2, -0.15) is 0 Å². The van der Waals surface area contributed by atoms with Gasteiger partial charge < -0.3 is 5.32 Å². The summed E-state index contributed by atoms with van der Waals surface area (Å²) in [5.74, 6) is 5.06. The number of imidazole rings is 1. The number of anilines is 1. The van der Waals surface area contributed by atoms with Crippen LogP contribution in [0.3, 0.4) is 0 Å². The Morgan fingerprint density at radius 1 is 1.00 bits per heavy atom. The van der Waals surface area contributed by atoms with Gasteiger partial charge in [0.2, 0.25) is 0 Å². The molecule has 0 saturated heterocycles. The SMILES string of the molecule is CC(C)(C)Nc1c(-c2ccc(C#Cc3ccc(F)c(F)c3)s2)nc2ccccn12. The van der Waals surface area contributed by atoms with Crippen LogP contribution in [0.2, 0.25) is 0 Å². The number of pyridine rings is 1. The van der Waals surface area contributed by atoms with Crippen LogP contribution >= 0.6 is 11.3 Å². The van der Waals surface area contributed by atoms with Crippen molar-refractivity contribution in [3.8, 4) is 22.4 Å². The lowest BCUT2D eigenvalue weighted by Gasteiger charge is -2.22. The van der Waals surface area contributed by atoms with Crippen LogP contribution in [-0.2, 0) is 0 Å². The summed E-state index contributed by atoms with van der Waals surface area (Å²) in [6.07, 6.45) is 1.98. The number of nitrogens with zero attached hydrogens (tertiary/aromatic N) is 2. The van der Waals surface area contributed by atoms with E-state index in [1.807, 2.05) is 40.9 Å². The molecule has 0 fully saturated rings. The van der Waals surface area contributed by atoms with Gasteiger partial charge in [-0.3, -0.25) is 4.40 Å². The molecule has 0 saturated carbocycles. The van der Waals surface area contributed by atoms with Crippen LogP contribution in [0.25, 0.3) is 16.2 Å². The summed E-state index contributed by atoms with van der Waals surface area (Å²) in [7, 11) is 0.